The minimum atomic E-state index is -0.216. The van der Waals surface area contributed by atoms with Crippen molar-refractivity contribution in [3.8, 4) is 11.3 Å². The monoisotopic (exact) mass is 462 g/mol. The summed E-state index contributed by atoms with van der Waals surface area (Å²) in [6, 6.07) is 11.0. The van der Waals surface area contributed by atoms with Gasteiger partial charge in [0.2, 0.25) is 5.91 Å². The fraction of sp³-hybridized carbons (Fsp3) is 0.462. The number of nitrogens with zero attached hydrogens (tertiary/aromatic N) is 6. The van der Waals surface area contributed by atoms with Gasteiger partial charge in [-0.15, -0.1) is 5.10 Å². The number of piperazine rings is 1. The first-order valence-electron chi connectivity index (χ1n) is 12.2. The van der Waals surface area contributed by atoms with Gasteiger partial charge >= 0.3 is 0 Å². The SMILES string of the molecule is Cc1cc(-c2cc(C3CCCCC3)n(CC(=O)N3CCN(c4cccnn4)CC3)n2)ccc1F. The van der Waals surface area contributed by atoms with Crippen molar-refractivity contribution >= 4 is 11.7 Å². The topological polar surface area (TPSA) is 67.2 Å². The Morgan fingerprint density at radius 1 is 1.06 bits per heavy atom. The summed E-state index contributed by atoms with van der Waals surface area (Å²) in [5, 5.41) is 13.0. The average molecular weight is 463 g/mol. The summed E-state index contributed by atoms with van der Waals surface area (Å²) < 4.78 is 15.7. The van der Waals surface area contributed by atoms with E-state index in [0.29, 0.717) is 24.6 Å². The average Bonchev–Trinajstić information content (AvgIpc) is 3.30. The maximum absolute atomic E-state index is 13.8. The third-order valence-corrected chi connectivity index (χ3v) is 7.09. The highest BCUT2D eigenvalue weighted by molar-refractivity contribution is 5.76. The van der Waals surface area contributed by atoms with Gasteiger partial charge in [-0.3, -0.25) is 9.48 Å². The van der Waals surface area contributed by atoms with E-state index in [1.54, 1.807) is 19.2 Å². The quantitative estimate of drug-likeness (QED) is 0.569. The molecule has 0 atom stereocenters. The molecule has 2 aliphatic rings. The zero-order valence-electron chi connectivity index (χ0n) is 19.7. The van der Waals surface area contributed by atoms with Gasteiger partial charge in [0.25, 0.3) is 0 Å². The Morgan fingerprint density at radius 3 is 2.56 bits per heavy atom. The van der Waals surface area contributed by atoms with Crippen LogP contribution in [0.4, 0.5) is 10.2 Å². The zero-order valence-corrected chi connectivity index (χ0v) is 19.7. The Balaban J connectivity index is 1.33. The Labute approximate surface area is 199 Å². The van der Waals surface area contributed by atoms with Crippen LogP contribution in [0.1, 0.15) is 49.3 Å². The number of rotatable bonds is 5. The van der Waals surface area contributed by atoms with Gasteiger partial charge in [0.1, 0.15) is 12.4 Å². The molecular formula is C26H31FN6O. The van der Waals surface area contributed by atoms with Crippen molar-refractivity contribution in [3.63, 3.8) is 0 Å². The van der Waals surface area contributed by atoms with Crippen LogP contribution in [0, 0.1) is 12.7 Å². The Hall–Kier alpha value is -3.29. The minimum absolute atomic E-state index is 0.0841. The van der Waals surface area contributed by atoms with E-state index in [1.807, 2.05) is 27.8 Å². The van der Waals surface area contributed by atoms with Crippen LogP contribution in [0.3, 0.4) is 0 Å². The number of hydrogen-bond acceptors (Lipinski definition) is 5. The van der Waals surface area contributed by atoms with Gasteiger partial charge in [-0.25, -0.2) is 4.39 Å². The maximum atomic E-state index is 13.8. The van der Waals surface area contributed by atoms with Gasteiger partial charge in [0, 0.05) is 49.6 Å². The summed E-state index contributed by atoms with van der Waals surface area (Å²) in [5.41, 5.74) is 3.43. The minimum Gasteiger partial charge on any atom is -0.352 e. The molecule has 8 heteroatoms. The number of benzene rings is 1. The molecule has 0 unspecified atom stereocenters. The molecule has 1 amide bonds. The number of aromatic nitrogens is 4. The van der Waals surface area contributed by atoms with Crippen molar-refractivity contribution in [1.29, 1.82) is 0 Å². The molecule has 34 heavy (non-hydrogen) atoms. The highest BCUT2D eigenvalue weighted by Gasteiger charge is 2.26. The van der Waals surface area contributed by atoms with Crippen LogP contribution in [0.5, 0.6) is 0 Å². The Morgan fingerprint density at radius 2 is 1.85 bits per heavy atom. The second kappa shape index (κ2) is 9.91. The fourth-order valence-electron chi connectivity index (χ4n) is 5.11. The lowest BCUT2D eigenvalue weighted by atomic mass is 9.86. The van der Waals surface area contributed by atoms with Gasteiger partial charge in [-0.05, 0) is 61.7 Å². The summed E-state index contributed by atoms with van der Waals surface area (Å²) in [4.78, 5) is 17.3. The Bertz CT molecular complexity index is 1130. The molecule has 1 saturated carbocycles. The van der Waals surface area contributed by atoms with Gasteiger partial charge in [0.05, 0.1) is 5.69 Å². The first-order valence-corrected chi connectivity index (χ1v) is 12.2. The normalized spacial score (nSPS) is 17.2. The van der Waals surface area contributed by atoms with Crippen molar-refractivity contribution in [1.82, 2.24) is 24.9 Å². The van der Waals surface area contributed by atoms with Gasteiger partial charge in [-0.2, -0.15) is 10.2 Å². The van der Waals surface area contributed by atoms with E-state index in [-0.39, 0.29) is 18.3 Å². The molecule has 3 heterocycles. The maximum Gasteiger partial charge on any atom is 0.244 e. The van der Waals surface area contributed by atoms with Crippen molar-refractivity contribution in [3.05, 3.63) is 59.7 Å². The number of anilines is 1. The predicted molar refractivity (Wildman–Crippen MR) is 129 cm³/mol. The molecule has 2 aromatic heterocycles. The molecular weight excluding hydrogens is 431 g/mol. The Kier molecular flexibility index (Phi) is 6.56. The fourth-order valence-corrected chi connectivity index (χ4v) is 5.11. The van der Waals surface area contributed by atoms with Crippen molar-refractivity contribution in [2.75, 3.05) is 31.1 Å². The molecule has 178 valence electrons. The van der Waals surface area contributed by atoms with E-state index in [1.165, 1.54) is 25.3 Å². The summed E-state index contributed by atoms with van der Waals surface area (Å²) in [7, 11) is 0. The summed E-state index contributed by atoms with van der Waals surface area (Å²) in [6.45, 7) is 4.77. The van der Waals surface area contributed by atoms with Crippen LogP contribution in [-0.2, 0) is 11.3 Å². The third-order valence-electron chi connectivity index (χ3n) is 7.09. The lowest BCUT2D eigenvalue weighted by Crippen LogP contribution is -2.50. The lowest BCUT2D eigenvalue weighted by molar-refractivity contribution is -0.132. The van der Waals surface area contributed by atoms with Crippen LogP contribution in [0.25, 0.3) is 11.3 Å². The molecule has 1 aliphatic carbocycles. The van der Waals surface area contributed by atoms with E-state index < -0.39 is 0 Å². The number of amides is 1. The molecule has 0 bridgehead atoms. The number of hydrogen-bond donors (Lipinski definition) is 0. The van der Waals surface area contributed by atoms with E-state index in [9.17, 15) is 9.18 Å². The number of halogens is 1. The van der Waals surface area contributed by atoms with E-state index >= 15 is 0 Å². The molecule has 2 fully saturated rings. The first kappa shape index (κ1) is 22.5. The predicted octanol–water partition coefficient (Wildman–Crippen LogP) is 4.18. The number of carbonyl (C=O) groups excluding carboxylic acids is 1. The standard InChI is InChI=1S/C26H31FN6O/c1-19-16-21(9-10-22(19)27)23-17-24(20-6-3-2-4-7-20)33(30-23)18-26(34)32-14-12-31(13-15-32)25-8-5-11-28-29-25/h5,8-11,16-17,20H,2-4,6-7,12-15,18H2,1H3. The molecule has 7 nitrogen and oxygen atoms in total. The molecule has 1 saturated heterocycles. The van der Waals surface area contributed by atoms with Gasteiger partial charge in [-0.1, -0.05) is 19.3 Å². The summed E-state index contributed by atoms with van der Waals surface area (Å²) >= 11 is 0. The second-order valence-electron chi connectivity index (χ2n) is 9.36. The number of aryl methyl sites for hydroxylation is 1. The van der Waals surface area contributed by atoms with Crippen LogP contribution in [-0.4, -0.2) is 57.0 Å². The van der Waals surface area contributed by atoms with Crippen molar-refractivity contribution in [2.24, 2.45) is 0 Å². The van der Waals surface area contributed by atoms with E-state index in [4.69, 9.17) is 5.10 Å². The summed E-state index contributed by atoms with van der Waals surface area (Å²) in [6.07, 6.45) is 7.60. The van der Waals surface area contributed by atoms with Crippen LogP contribution >= 0.6 is 0 Å². The zero-order chi connectivity index (χ0) is 23.5. The van der Waals surface area contributed by atoms with Gasteiger partial charge < -0.3 is 9.80 Å². The molecule has 0 N–H and O–H groups in total. The molecule has 1 aromatic carbocycles. The molecule has 0 spiro atoms. The van der Waals surface area contributed by atoms with E-state index in [0.717, 1.165) is 48.7 Å². The van der Waals surface area contributed by atoms with Crippen molar-refractivity contribution < 1.29 is 9.18 Å². The smallest absolute Gasteiger partial charge is 0.244 e. The van der Waals surface area contributed by atoms with Crippen LogP contribution < -0.4 is 4.90 Å². The molecule has 5 rings (SSSR count). The molecule has 1 aliphatic heterocycles. The van der Waals surface area contributed by atoms with Gasteiger partial charge in [0.15, 0.2) is 5.82 Å². The summed E-state index contributed by atoms with van der Waals surface area (Å²) in [5.74, 6) is 1.13. The lowest BCUT2D eigenvalue weighted by Gasteiger charge is -2.35. The largest absolute Gasteiger partial charge is 0.352 e. The van der Waals surface area contributed by atoms with Crippen molar-refractivity contribution in [2.45, 2.75) is 51.5 Å². The third kappa shape index (κ3) is 4.81. The van der Waals surface area contributed by atoms with Crippen LogP contribution in [0.2, 0.25) is 0 Å². The molecule has 0 radical (unpaired) electrons. The molecule has 3 aromatic rings. The number of carbonyl (C=O) groups is 1. The first-order chi connectivity index (χ1) is 16.6. The van der Waals surface area contributed by atoms with Crippen LogP contribution in [0.15, 0.2) is 42.6 Å². The van der Waals surface area contributed by atoms with E-state index in [2.05, 4.69) is 21.2 Å². The highest BCUT2D eigenvalue weighted by atomic mass is 19.1. The highest BCUT2D eigenvalue weighted by Crippen LogP contribution is 2.35. The second-order valence-corrected chi connectivity index (χ2v) is 9.36.